The number of carbonyl (C=O) groups is 1. The monoisotopic (exact) mass is 214 g/mol. The van der Waals surface area contributed by atoms with Crippen LogP contribution in [0.15, 0.2) is 4.99 Å². The smallest absolute Gasteiger partial charge is 0.185 e. The highest BCUT2D eigenvalue weighted by Gasteiger charge is 2.26. The highest BCUT2D eigenvalue weighted by Crippen LogP contribution is 2.17. The molecule has 88 valence electrons. The van der Waals surface area contributed by atoms with Crippen molar-refractivity contribution in [3.63, 3.8) is 0 Å². The Balaban J connectivity index is 3.90. The van der Waals surface area contributed by atoms with Gasteiger partial charge >= 0.3 is 0 Å². The average molecular weight is 214 g/mol. The molecule has 0 unspecified atom stereocenters. The molecule has 15 heavy (non-hydrogen) atoms. The van der Waals surface area contributed by atoms with E-state index in [1.165, 1.54) is 0 Å². The lowest BCUT2D eigenvalue weighted by atomic mass is 9.85. The van der Waals surface area contributed by atoms with Crippen LogP contribution in [0.2, 0.25) is 0 Å². The Bertz CT molecular complexity index is 238. The molecule has 6 N–H and O–H groups in total. The number of nitrogens with zero attached hydrogens (tertiary/aromatic N) is 1. The van der Waals surface area contributed by atoms with Crippen LogP contribution in [0.1, 0.15) is 33.6 Å². The molecule has 0 aliphatic heterocycles. The molecule has 0 saturated carbocycles. The van der Waals surface area contributed by atoms with Crippen LogP contribution in [0.5, 0.6) is 0 Å². The first-order chi connectivity index (χ1) is 6.75. The number of hydrogen-bond acceptors (Lipinski definition) is 3. The van der Waals surface area contributed by atoms with Gasteiger partial charge in [0.15, 0.2) is 11.7 Å². The number of ketones is 1. The lowest BCUT2D eigenvalue weighted by Gasteiger charge is -2.21. The lowest BCUT2D eigenvalue weighted by Crippen LogP contribution is -2.38. The Morgan fingerprint density at radius 2 is 1.87 bits per heavy atom. The zero-order valence-corrected chi connectivity index (χ0v) is 9.79. The van der Waals surface area contributed by atoms with E-state index in [1.54, 1.807) is 0 Å². The maximum absolute atomic E-state index is 11.7. The van der Waals surface area contributed by atoms with Crippen molar-refractivity contribution in [1.82, 2.24) is 0 Å². The summed E-state index contributed by atoms with van der Waals surface area (Å²) in [4.78, 5) is 15.5. The molecule has 0 aromatic heterocycles. The molecular weight excluding hydrogens is 192 g/mol. The molecule has 0 rings (SSSR count). The van der Waals surface area contributed by atoms with Gasteiger partial charge in [-0.15, -0.1) is 0 Å². The standard InChI is InChI=1S/C10H22N4O/c1-10(2,3)8(15)7(11)5-4-6-14-9(12)13/h7H,4-6,11H2,1-3H3,(H4,12,13,14)/t7-/m0/s1. The second-order valence-electron chi connectivity index (χ2n) is 4.67. The highest BCUT2D eigenvalue weighted by molar-refractivity contribution is 5.88. The molecule has 5 heteroatoms. The summed E-state index contributed by atoms with van der Waals surface area (Å²) in [7, 11) is 0. The average Bonchev–Trinajstić information content (AvgIpc) is 2.09. The van der Waals surface area contributed by atoms with Crippen LogP contribution in [0, 0.1) is 5.41 Å². The van der Waals surface area contributed by atoms with E-state index in [0.29, 0.717) is 13.0 Å². The summed E-state index contributed by atoms with van der Waals surface area (Å²) < 4.78 is 0. The molecule has 0 radical (unpaired) electrons. The third-order valence-corrected chi connectivity index (χ3v) is 2.04. The number of aliphatic imine (C=N–C) groups is 1. The Morgan fingerprint density at radius 1 is 1.33 bits per heavy atom. The van der Waals surface area contributed by atoms with Gasteiger partial charge in [-0.1, -0.05) is 20.8 Å². The number of rotatable bonds is 5. The van der Waals surface area contributed by atoms with E-state index in [4.69, 9.17) is 17.2 Å². The lowest BCUT2D eigenvalue weighted by molar-refractivity contribution is -0.127. The third kappa shape index (κ3) is 6.06. The number of hydrogen-bond donors (Lipinski definition) is 3. The first-order valence-corrected chi connectivity index (χ1v) is 5.10. The summed E-state index contributed by atoms with van der Waals surface area (Å²) in [5, 5.41) is 0. The minimum Gasteiger partial charge on any atom is -0.370 e. The van der Waals surface area contributed by atoms with Crippen molar-refractivity contribution < 1.29 is 4.79 Å². The van der Waals surface area contributed by atoms with Crippen molar-refractivity contribution in [2.75, 3.05) is 6.54 Å². The van der Waals surface area contributed by atoms with Crippen LogP contribution in [0.25, 0.3) is 0 Å². The molecule has 0 aliphatic carbocycles. The van der Waals surface area contributed by atoms with Gasteiger partial charge in [0.1, 0.15) is 0 Å². The predicted molar refractivity (Wildman–Crippen MR) is 62.3 cm³/mol. The summed E-state index contributed by atoms with van der Waals surface area (Å²) in [6.07, 6.45) is 1.34. The van der Waals surface area contributed by atoms with Gasteiger partial charge in [0, 0.05) is 12.0 Å². The molecule has 1 atom stereocenters. The van der Waals surface area contributed by atoms with Crippen molar-refractivity contribution in [2.24, 2.45) is 27.6 Å². The number of guanidine groups is 1. The first-order valence-electron chi connectivity index (χ1n) is 5.10. The van der Waals surface area contributed by atoms with Gasteiger partial charge in [-0.2, -0.15) is 0 Å². The molecule has 0 aliphatic rings. The number of carbonyl (C=O) groups excluding carboxylic acids is 1. The summed E-state index contributed by atoms with van der Waals surface area (Å²) in [6, 6.07) is -0.417. The molecule has 0 bridgehead atoms. The summed E-state index contributed by atoms with van der Waals surface area (Å²) >= 11 is 0. The van der Waals surface area contributed by atoms with Crippen molar-refractivity contribution in [1.29, 1.82) is 0 Å². The fraction of sp³-hybridized carbons (Fsp3) is 0.800. The normalized spacial score (nSPS) is 13.3. The van der Waals surface area contributed by atoms with E-state index in [0.717, 1.165) is 6.42 Å². The topological polar surface area (TPSA) is 107 Å². The van der Waals surface area contributed by atoms with Gasteiger partial charge in [0.2, 0.25) is 0 Å². The van der Waals surface area contributed by atoms with Crippen LogP contribution < -0.4 is 17.2 Å². The van der Waals surface area contributed by atoms with Crippen molar-refractivity contribution >= 4 is 11.7 Å². The summed E-state index contributed by atoms with van der Waals surface area (Å²) in [5.41, 5.74) is 15.7. The molecule has 0 aromatic carbocycles. The van der Waals surface area contributed by atoms with E-state index in [2.05, 4.69) is 4.99 Å². The van der Waals surface area contributed by atoms with Crippen molar-refractivity contribution in [3.8, 4) is 0 Å². The maximum Gasteiger partial charge on any atom is 0.185 e. The Kier molecular flexibility index (Phi) is 5.28. The fourth-order valence-electron chi connectivity index (χ4n) is 1.21. The zero-order chi connectivity index (χ0) is 12.1. The molecule has 0 aromatic rings. The highest BCUT2D eigenvalue weighted by atomic mass is 16.1. The molecule has 0 saturated heterocycles. The van der Waals surface area contributed by atoms with Crippen LogP contribution in [0.4, 0.5) is 0 Å². The van der Waals surface area contributed by atoms with Gasteiger partial charge in [-0.25, -0.2) is 0 Å². The Hall–Kier alpha value is -1.10. The van der Waals surface area contributed by atoms with Gasteiger partial charge in [0.25, 0.3) is 0 Å². The van der Waals surface area contributed by atoms with Gasteiger partial charge in [0.05, 0.1) is 6.04 Å². The minimum absolute atomic E-state index is 0.0747. The molecule has 0 amide bonds. The fourth-order valence-corrected chi connectivity index (χ4v) is 1.21. The van der Waals surface area contributed by atoms with E-state index in [1.807, 2.05) is 20.8 Å². The molecular formula is C10H22N4O. The summed E-state index contributed by atoms with van der Waals surface area (Å²) in [6.45, 7) is 6.12. The van der Waals surface area contributed by atoms with Crippen molar-refractivity contribution in [2.45, 2.75) is 39.7 Å². The SMILES string of the molecule is CC(C)(C)C(=O)[C@@H](N)CCCN=C(N)N. The van der Waals surface area contributed by atoms with Crippen LogP contribution >= 0.6 is 0 Å². The largest absolute Gasteiger partial charge is 0.370 e. The molecule has 0 spiro atoms. The molecule has 5 nitrogen and oxygen atoms in total. The van der Waals surface area contributed by atoms with E-state index in [-0.39, 0.29) is 17.2 Å². The van der Waals surface area contributed by atoms with Crippen molar-refractivity contribution in [3.05, 3.63) is 0 Å². The summed E-state index contributed by atoms with van der Waals surface area (Å²) in [5.74, 6) is 0.151. The molecule has 0 fully saturated rings. The maximum atomic E-state index is 11.7. The molecule has 0 heterocycles. The second kappa shape index (κ2) is 5.70. The number of Topliss-reactive ketones (excluding diaryl/α,β-unsaturated/α-hetero) is 1. The van der Waals surface area contributed by atoms with Gasteiger partial charge in [-0.3, -0.25) is 9.79 Å². The van der Waals surface area contributed by atoms with E-state index >= 15 is 0 Å². The van der Waals surface area contributed by atoms with Gasteiger partial charge < -0.3 is 17.2 Å². The van der Waals surface area contributed by atoms with E-state index in [9.17, 15) is 4.79 Å². The quantitative estimate of drug-likeness (QED) is 0.339. The van der Waals surface area contributed by atoms with E-state index < -0.39 is 6.04 Å². The van der Waals surface area contributed by atoms with Crippen LogP contribution in [-0.2, 0) is 4.79 Å². The van der Waals surface area contributed by atoms with Crippen LogP contribution in [0.3, 0.4) is 0 Å². The minimum atomic E-state index is -0.417. The Labute approximate surface area is 91.1 Å². The van der Waals surface area contributed by atoms with Crippen LogP contribution in [-0.4, -0.2) is 24.3 Å². The Morgan fingerprint density at radius 3 is 2.27 bits per heavy atom. The number of nitrogens with two attached hydrogens (primary N) is 3. The zero-order valence-electron chi connectivity index (χ0n) is 9.79. The third-order valence-electron chi connectivity index (χ3n) is 2.04. The predicted octanol–water partition coefficient (Wildman–Crippen LogP) is -0.0175. The second-order valence-corrected chi connectivity index (χ2v) is 4.67. The first kappa shape index (κ1) is 13.9. The van der Waals surface area contributed by atoms with Gasteiger partial charge in [-0.05, 0) is 12.8 Å².